The topological polar surface area (TPSA) is 32.7 Å². The smallest absolute Gasteiger partial charge is 0.0977 e. The molecule has 1 fully saturated rings. The van der Waals surface area contributed by atoms with E-state index < -0.39 is 5.60 Å². The molecule has 0 aliphatic carbocycles. The minimum Gasteiger partial charge on any atom is -0.384 e. The van der Waals surface area contributed by atoms with Crippen molar-refractivity contribution in [2.75, 3.05) is 32.8 Å². The second-order valence-corrected chi connectivity index (χ2v) is 9.02. The van der Waals surface area contributed by atoms with Crippen molar-refractivity contribution in [3.8, 4) is 0 Å². The molecule has 0 bridgehead atoms. The maximum absolute atomic E-state index is 12.4. The summed E-state index contributed by atoms with van der Waals surface area (Å²) in [4.78, 5) is 2.46. The first-order valence-corrected chi connectivity index (χ1v) is 12.3. The third-order valence-corrected chi connectivity index (χ3v) is 6.85. The molecular formula is C28H41NO2. The molecule has 2 aromatic carbocycles. The number of unbranched alkanes of at least 4 members (excludes halogenated alkanes) is 4. The summed E-state index contributed by atoms with van der Waals surface area (Å²) in [6.45, 7) is 8.72. The molecule has 1 heterocycles. The maximum atomic E-state index is 12.4. The molecule has 31 heavy (non-hydrogen) atoms. The highest BCUT2D eigenvalue weighted by Crippen LogP contribution is 2.42. The average Bonchev–Trinajstić information content (AvgIpc) is 2.83. The monoisotopic (exact) mass is 423 g/mol. The Balaban J connectivity index is 1.91. The lowest BCUT2D eigenvalue weighted by atomic mass is 9.73. The van der Waals surface area contributed by atoms with Gasteiger partial charge < -0.3 is 9.84 Å². The van der Waals surface area contributed by atoms with Crippen LogP contribution in [0.1, 0.15) is 75.0 Å². The lowest BCUT2D eigenvalue weighted by Crippen LogP contribution is -2.45. The molecule has 1 N–H and O–H groups in total. The van der Waals surface area contributed by atoms with E-state index in [1.165, 1.54) is 36.8 Å². The molecule has 3 heteroatoms. The summed E-state index contributed by atoms with van der Waals surface area (Å²) in [6, 6.07) is 19.4. The number of ether oxygens (including phenoxy) is 1. The SMILES string of the molecule is CCCCCCC[C@@](O)(c1ccc(CC)cc1)[C@H](CN1CCOCC1)c1ccccc1. The van der Waals surface area contributed by atoms with Gasteiger partial charge in [-0.25, -0.2) is 0 Å². The zero-order chi connectivity index (χ0) is 21.9. The Hall–Kier alpha value is -1.68. The van der Waals surface area contributed by atoms with Gasteiger partial charge in [0.1, 0.15) is 0 Å². The molecule has 2 atom stereocenters. The molecule has 2 aromatic rings. The summed E-state index contributed by atoms with van der Waals surface area (Å²) in [5.41, 5.74) is 2.73. The van der Waals surface area contributed by atoms with Crippen LogP contribution in [0.25, 0.3) is 0 Å². The van der Waals surface area contributed by atoms with Crippen LogP contribution in [0.3, 0.4) is 0 Å². The van der Waals surface area contributed by atoms with Crippen molar-refractivity contribution in [1.82, 2.24) is 4.90 Å². The predicted molar refractivity (Wildman–Crippen MR) is 130 cm³/mol. The molecule has 1 aliphatic heterocycles. The van der Waals surface area contributed by atoms with Crippen molar-refractivity contribution >= 4 is 0 Å². The van der Waals surface area contributed by atoms with Gasteiger partial charge in [-0.15, -0.1) is 0 Å². The van der Waals surface area contributed by atoms with E-state index in [-0.39, 0.29) is 5.92 Å². The Morgan fingerprint density at radius 2 is 1.58 bits per heavy atom. The van der Waals surface area contributed by atoms with Crippen LogP contribution < -0.4 is 0 Å². The first kappa shape index (κ1) is 24.0. The number of hydrogen-bond donors (Lipinski definition) is 1. The fraction of sp³-hybridized carbons (Fsp3) is 0.571. The molecule has 0 saturated carbocycles. The van der Waals surface area contributed by atoms with Crippen LogP contribution in [-0.2, 0) is 16.8 Å². The van der Waals surface area contributed by atoms with Gasteiger partial charge >= 0.3 is 0 Å². The number of aliphatic hydroxyl groups is 1. The van der Waals surface area contributed by atoms with Crippen LogP contribution >= 0.6 is 0 Å². The zero-order valence-corrected chi connectivity index (χ0v) is 19.6. The Labute approximate surface area is 189 Å². The number of benzene rings is 2. The van der Waals surface area contributed by atoms with Gasteiger partial charge in [-0.1, -0.05) is 101 Å². The summed E-state index contributed by atoms with van der Waals surface area (Å²) in [5.74, 6) is 0.0328. The molecule has 0 unspecified atom stereocenters. The van der Waals surface area contributed by atoms with E-state index in [9.17, 15) is 5.11 Å². The van der Waals surface area contributed by atoms with Gasteiger partial charge in [0.25, 0.3) is 0 Å². The van der Waals surface area contributed by atoms with Crippen molar-refractivity contribution in [3.05, 3.63) is 71.3 Å². The van der Waals surface area contributed by atoms with Crippen LogP contribution in [0.5, 0.6) is 0 Å². The third-order valence-electron chi connectivity index (χ3n) is 6.85. The van der Waals surface area contributed by atoms with E-state index in [1.807, 2.05) is 0 Å². The van der Waals surface area contributed by atoms with Gasteiger partial charge in [0.15, 0.2) is 0 Å². The molecular weight excluding hydrogens is 382 g/mol. The van der Waals surface area contributed by atoms with Crippen LogP contribution in [0, 0.1) is 0 Å². The quantitative estimate of drug-likeness (QED) is 0.431. The zero-order valence-electron chi connectivity index (χ0n) is 19.6. The van der Waals surface area contributed by atoms with E-state index in [0.717, 1.165) is 57.7 Å². The van der Waals surface area contributed by atoms with E-state index in [2.05, 4.69) is 73.3 Å². The third kappa shape index (κ3) is 6.65. The summed E-state index contributed by atoms with van der Waals surface area (Å²) in [6.07, 6.45) is 7.82. The number of morpholine rings is 1. The molecule has 0 spiro atoms. The standard InChI is InChI=1S/C28H41NO2/c1-3-5-6-7-11-18-28(30,26-16-14-24(4-2)15-17-26)27(25-12-9-8-10-13-25)23-29-19-21-31-22-20-29/h8-10,12-17,27,30H,3-7,11,18-23H2,1-2H3/t27-,28-/m1/s1. The van der Waals surface area contributed by atoms with E-state index in [4.69, 9.17) is 4.74 Å². The molecule has 0 amide bonds. The molecule has 1 saturated heterocycles. The van der Waals surface area contributed by atoms with Crippen molar-refractivity contribution in [1.29, 1.82) is 0 Å². The van der Waals surface area contributed by atoms with Crippen molar-refractivity contribution in [2.24, 2.45) is 0 Å². The van der Waals surface area contributed by atoms with Crippen LogP contribution in [0.4, 0.5) is 0 Å². The van der Waals surface area contributed by atoms with Crippen LogP contribution in [0.2, 0.25) is 0 Å². The average molecular weight is 424 g/mol. The molecule has 3 nitrogen and oxygen atoms in total. The van der Waals surface area contributed by atoms with Crippen LogP contribution in [0.15, 0.2) is 54.6 Å². The Kier molecular flexibility index (Phi) is 9.57. The first-order valence-electron chi connectivity index (χ1n) is 12.3. The van der Waals surface area contributed by atoms with Crippen molar-refractivity contribution in [2.45, 2.75) is 70.3 Å². The maximum Gasteiger partial charge on any atom is 0.0977 e. The van der Waals surface area contributed by atoms with Gasteiger partial charge in [-0.2, -0.15) is 0 Å². The normalized spacial score (nSPS) is 17.9. The van der Waals surface area contributed by atoms with Gasteiger partial charge in [0.05, 0.1) is 18.8 Å². The lowest BCUT2D eigenvalue weighted by Gasteiger charge is -2.41. The fourth-order valence-electron chi connectivity index (χ4n) is 4.81. The highest BCUT2D eigenvalue weighted by Gasteiger charge is 2.40. The second-order valence-electron chi connectivity index (χ2n) is 9.02. The molecule has 170 valence electrons. The number of hydrogen-bond acceptors (Lipinski definition) is 3. The molecule has 0 radical (unpaired) electrons. The summed E-state index contributed by atoms with van der Waals surface area (Å²) in [7, 11) is 0. The minimum absolute atomic E-state index is 0.0328. The number of nitrogens with zero attached hydrogens (tertiary/aromatic N) is 1. The van der Waals surface area contributed by atoms with E-state index in [1.54, 1.807) is 0 Å². The summed E-state index contributed by atoms with van der Waals surface area (Å²) >= 11 is 0. The Bertz CT molecular complexity index is 739. The van der Waals surface area contributed by atoms with Gasteiger partial charge in [-0.3, -0.25) is 4.90 Å². The lowest BCUT2D eigenvalue weighted by molar-refractivity contribution is -0.0296. The number of rotatable bonds is 12. The minimum atomic E-state index is -0.877. The summed E-state index contributed by atoms with van der Waals surface area (Å²) in [5, 5.41) is 12.4. The van der Waals surface area contributed by atoms with E-state index >= 15 is 0 Å². The highest BCUT2D eigenvalue weighted by molar-refractivity contribution is 5.33. The van der Waals surface area contributed by atoms with Gasteiger partial charge in [-0.05, 0) is 29.5 Å². The first-order chi connectivity index (χ1) is 15.2. The fourth-order valence-corrected chi connectivity index (χ4v) is 4.81. The summed E-state index contributed by atoms with van der Waals surface area (Å²) < 4.78 is 5.58. The van der Waals surface area contributed by atoms with E-state index in [0.29, 0.717) is 0 Å². The molecule has 1 aliphatic rings. The predicted octanol–water partition coefficient (Wildman–Crippen LogP) is 5.91. The number of aryl methyl sites for hydroxylation is 1. The largest absolute Gasteiger partial charge is 0.384 e. The Morgan fingerprint density at radius 3 is 2.23 bits per heavy atom. The molecule has 0 aromatic heterocycles. The van der Waals surface area contributed by atoms with Crippen molar-refractivity contribution in [3.63, 3.8) is 0 Å². The Morgan fingerprint density at radius 1 is 0.903 bits per heavy atom. The second kappa shape index (κ2) is 12.4. The molecule has 3 rings (SSSR count). The van der Waals surface area contributed by atoms with Crippen molar-refractivity contribution < 1.29 is 9.84 Å². The van der Waals surface area contributed by atoms with Crippen LogP contribution in [-0.4, -0.2) is 42.9 Å². The highest BCUT2D eigenvalue weighted by atomic mass is 16.5. The van der Waals surface area contributed by atoms with Gasteiger partial charge in [0.2, 0.25) is 0 Å². The van der Waals surface area contributed by atoms with Gasteiger partial charge in [0, 0.05) is 25.6 Å².